The monoisotopic (exact) mass is 256 g/mol. The van der Waals surface area contributed by atoms with Crippen molar-refractivity contribution >= 4 is 15.9 Å². The van der Waals surface area contributed by atoms with Crippen LogP contribution in [-0.4, -0.2) is 20.0 Å². The minimum absolute atomic E-state index is 0.599. The van der Waals surface area contributed by atoms with Crippen LogP contribution in [0.1, 0.15) is 11.8 Å². The second-order valence-electron chi connectivity index (χ2n) is 2.89. The first-order chi connectivity index (χ1) is 6.74. The molecule has 0 aromatic carbocycles. The van der Waals surface area contributed by atoms with E-state index in [-0.39, 0.29) is 0 Å². The second-order valence-corrected chi connectivity index (χ2v) is 3.80. The minimum Gasteiger partial charge on any atom is -0.426 e. The van der Waals surface area contributed by atoms with Crippen molar-refractivity contribution in [3.8, 4) is 0 Å². The van der Waals surface area contributed by atoms with Gasteiger partial charge in [-0.1, -0.05) is 0 Å². The van der Waals surface area contributed by atoms with Crippen molar-refractivity contribution in [2.45, 2.75) is 19.9 Å². The van der Waals surface area contributed by atoms with E-state index in [1.807, 2.05) is 10.9 Å². The van der Waals surface area contributed by atoms with Gasteiger partial charge in [-0.15, -0.1) is 10.2 Å². The van der Waals surface area contributed by atoms with E-state index >= 15 is 0 Å². The number of halogens is 1. The Bertz CT molecular complexity index is 382. The van der Waals surface area contributed by atoms with E-state index in [4.69, 9.17) is 4.42 Å². The average molecular weight is 257 g/mol. The zero-order chi connectivity index (χ0) is 9.97. The Morgan fingerprint density at radius 1 is 1.50 bits per heavy atom. The Labute approximate surface area is 89.3 Å². The highest BCUT2D eigenvalue weighted by Gasteiger charge is 2.02. The van der Waals surface area contributed by atoms with Gasteiger partial charge in [0.2, 0.25) is 11.8 Å². The van der Waals surface area contributed by atoms with Crippen LogP contribution in [0.25, 0.3) is 0 Å². The van der Waals surface area contributed by atoms with Gasteiger partial charge >= 0.3 is 0 Å². The van der Waals surface area contributed by atoms with Gasteiger partial charge < -0.3 is 4.42 Å². The van der Waals surface area contributed by atoms with E-state index in [2.05, 4.69) is 31.2 Å². The lowest BCUT2D eigenvalue weighted by Gasteiger charge is -1.96. The summed E-state index contributed by atoms with van der Waals surface area (Å²) < 4.78 is 8.03. The molecule has 0 atom stereocenters. The number of aromatic nitrogens is 4. The molecule has 2 heterocycles. The van der Waals surface area contributed by atoms with Gasteiger partial charge in [-0.05, 0) is 15.9 Å². The molecule has 0 N–H and O–H groups in total. The lowest BCUT2D eigenvalue weighted by Crippen LogP contribution is -2.01. The first kappa shape index (κ1) is 9.39. The van der Waals surface area contributed by atoms with E-state index in [1.165, 1.54) is 0 Å². The van der Waals surface area contributed by atoms with E-state index < -0.39 is 0 Å². The quantitative estimate of drug-likeness (QED) is 0.837. The Balaban J connectivity index is 1.94. The smallest absolute Gasteiger partial charge is 0.218 e. The number of aryl methyl sites for hydroxylation is 3. The van der Waals surface area contributed by atoms with Crippen LogP contribution < -0.4 is 0 Å². The van der Waals surface area contributed by atoms with Crippen molar-refractivity contribution < 1.29 is 4.42 Å². The van der Waals surface area contributed by atoms with E-state index in [1.54, 1.807) is 13.1 Å². The summed E-state index contributed by atoms with van der Waals surface area (Å²) in [6.07, 6.45) is 4.36. The molecular formula is C8H9BrN4O. The van der Waals surface area contributed by atoms with Crippen molar-refractivity contribution in [3.63, 3.8) is 0 Å². The maximum absolute atomic E-state index is 5.24. The second kappa shape index (κ2) is 3.91. The summed E-state index contributed by atoms with van der Waals surface area (Å²) in [4.78, 5) is 0. The van der Waals surface area contributed by atoms with Crippen LogP contribution in [0.4, 0.5) is 0 Å². The fourth-order valence-corrected chi connectivity index (χ4v) is 1.44. The summed E-state index contributed by atoms with van der Waals surface area (Å²) in [6, 6.07) is 0. The lowest BCUT2D eigenvalue weighted by atomic mass is 10.4. The Morgan fingerprint density at radius 2 is 2.36 bits per heavy atom. The molecular weight excluding hydrogens is 248 g/mol. The average Bonchev–Trinajstić information content (AvgIpc) is 2.72. The van der Waals surface area contributed by atoms with Gasteiger partial charge in [0.1, 0.15) is 0 Å². The normalized spacial score (nSPS) is 10.7. The number of nitrogens with zero attached hydrogens (tertiary/aromatic N) is 4. The molecule has 0 aliphatic carbocycles. The first-order valence-corrected chi connectivity index (χ1v) is 5.00. The van der Waals surface area contributed by atoms with Crippen LogP contribution in [0.3, 0.4) is 0 Å². The van der Waals surface area contributed by atoms with Gasteiger partial charge in [-0.3, -0.25) is 4.68 Å². The molecule has 5 nitrogen and oxygen atoms in total. The van der Waals surface area contributed by atoms with Crippen LogP contribution in [0.2, 0.25) is 0 Å². The van der Waals surface area contributed by atoms with Crippen LogP contribution >= 0.6 is 15.9 Å². The number of hydrogen-bond acceptors (Lipinski definition) is 4. The fourth-order valence-electron chi connectivity index (χ4n) is 1.11. The van der Waals surface area contributed by atoms with E-state index in [9.17, 15) is 0 Å². The topological polar surface area (TPSA) is 56.7 Å². The zero-order valence-electron chi connectivity index (χ0n) is 7.64. The summed E-state index contributed by atoms with van der Waals surface area (Å²) in [5.74, 6) is 1.25. The fraction of sp³-hybridized carbons (Fsp3) is 0.375. The molecule has 2 aromatic rings. The minimum atomic E-state index is 0.599. The van der Waals surface area contributed by atoms with Crippen LogP contribution in [0.15, 0.2) is 21.3 Å². The highest BCUT2D eigenvalue weighted by molar-refractivity contribution is 9.10. The van der Waals surface area contributed by atoms with Crippen molar-refractivity contribution in [3.05, 3.63) is 28.6 Å². The van der Waals surface area contributed by atoms with Gasteiger partial charge in [0.15, 0.2) is 0 Å². The molecule has 0 saturated heterocycles. The molecule has 2 rings (SSSR count). The Morgan fingerprint density at radius 3 is 2.93 bits per heavy atom. The third kappa shape index (κ3) is 2.20. The summed E-state index contributed by atoms with van der Waals surface area (Å²) in [7, 11) is 0. The van der Waals surface area contributed by atoms with Gasteiger partial charge in [-0.2, -0.15) is 5.10 Å². The van der Waals surface area contributed by atoms with Gasteiger partial charge in [-0.25, -0.2) is 0 Å². The Kier molecular flexibility index (Phi) is 2.62. The van der Waals surface area contributed by atoms with Crippen LogP contribution in [0, 0.1) is 6.92 Å². The molecule has 0 fully saturated rings. The summed E-state index contributed by atoms with van der Waals surface area (Å²) >= 11 is 3.33. The SMILES string of the molecule is Cc1nnc(CCn2cc(Br)cn2)o1. The van der Waals surface area contributed by atoms with Crippen LogP contribution in [-0.2, 0) is 13.0 Å². The molecule has 0 saturated carbocycles. The summed E-state index contributed by atoms with van der Waals surface area (Å²) in [5, 5.41) is 11.8. The molecule has 74 valence electrons. The van der Waals surface area contributed by atoms with Crippen LogP contribution in [0.5, 0.6) is 0 Å². The highest BCUT2D eigenvalue weighted by Crippen LogP contribution is 2.07. The van der Waals surface area contributed by atoms with Crippen molar-refractivity contribution in [1.29, 1.82) is 0 Å². The van der Waals surface area contributed by atoms with E-state index in [0.29, 0.717) is 18.2 Å². The lowest BCUT2D eigenvalue weighted by molar-refractivity contribution is 0.446. The molecule has 0 amide bonds. The zero-order valence-corrected chi connectivity index (χ0v) is 9.23. The molecule has 0 bridgehead atoms. The number of rotatable bonds is 3. The maximum Gasteiger partial charge on any atom is 0.218 e. The van der Waals surface area contributed by atoms with Crippen molar-refractivity contribution in [2.24, 2.45) is 0 Å². The molecule has 2 aromatic heterocycles. The third-order valence-electron chi connectivity index (χ3n) is 1.72. The van der Waals surface area contributed by atoms with Gasteiger partial charge in [0.05, 0.1) is 10.7 Å². The standard InChI is InChI=1S/C8H9BrN4O/c1-6-11-12-8(14-6)2-3-13-5-7(9)4-10-13/h4-5H,2-3H2,1H3. The van der Waals surface area contributed by atoms with Gasteiger partial charge in [0, 0.05) is 26.1 Å². The maximum atomic E-state index is 5.24. The van der Waals surface area contributed by atoms with Crippen molar-refractivity contribution in [2.75, 3.05) is 0 Å². The molecule has 6 heteroatoms. The van der Waals surface area contributed by atoms with Crippen molar-refractivity contribution in [1.82, 2.24) is 20.0 Å². The summed E-state index contributed by atoms with van der Waals surface area (Å²) in [5.41, 5.74) is 0. The largest absolute Gasteiger partial charge is 0.426 e. The molecule has 0 spiro atoms. The number of hydrogen-bond donors (Lipinski definition) is 0. The molecule has 0 unspecified atom stereocenters. The van der Waals surface area contributed by atoms with E-state index in [0.717, 1.165) is 11.0 Å². The van der Waals surface area contributed by atoms with Gasteiger partial charge in [0.25, 0.3) is 0 Å². The molecule has 0 aliphatic heterocycles. The molecule has 0 aliphatic rings. The highest BCUT2D eigenvalue weighted by atomic mass is 79.9. The molecule has 0 radical (unpaired) electrons. The predicted octanol–water partition coefficient (Wildman–Crippen LogP) is 1.58. The Hall–Kier alpha value is -1.17. The first-order valence-electron chi connectivity index (χ1n) is 4.21. The predicted molar refractivity (Wildman–Crippen MR) is 52.7 cm³/mol. The summed E-state index contributed by atoms with van der Waals surface area (Å²) in [6.45, 7) is 2.52. The molecule has 14 heavy (non-hydrogen) atoms. The third-order valence-corrected chi connectivity index (χ3v) is 2.13.